The van der Waals surface area contributed by atoms with Gasteiger partial charge in [-0.3, -0.25) is 0 Å². The van der Waals surface area contributed by atoms with Gasteiger partial charge in [0.25, 0.3) is 0 Å². The van der Waals surface area contributed by atoms with Gasteiger partial charge in [0.1, 0.15) is 0 Å². The van der Waals surface area contributed by atoms with Gasteiger partial charge in [-0.15, -0.1) is 0 Å². The van der Waals surface area contributed by atoms with Crippen LogP contribution >= 0.6 is 0 Å². The third kappa shape index (κ3) is 6.70. The van der Waals surface area contributed by atoms with Crippen molar-refractivity contribution in [3.8, 4) is 5.75 Å². The number of benzene rings is 1. The minimum atomic E-state index is -0.373. The van der Waals surface area contributed by atoms with Gasteiger partial charge in [-0.05, 0) is 12.1 Å². The molecule has 0 bridgehead atoms. The minimum Gasteiger partial charge on any atom is -0.494 e. The van der Waals surface area contributed by atoms with Crippen molar-refractivity contribution in [2.24, 2.45) is 0 Å². The zero-order valence-corrected chi connectivity index (χ0v) is 12.0. The normalized spacial score (nSPS) is 10.6. The molecule has 1 N–H and O–H groups in total. The molecule has 6 heteroatoms. The van der Waals surface area contributed by atoms with Gasteiger partial charge in [-0.25, -0.2) is 4.39 Å². The topological polar surface area (TPSA) is 49.0 Å². The van der Waals surface area contributed by atoms with Crippen LogP contribution in [-0.4, -0.2) is 53.8 Å². The highest BCUT2D eigenvalue weighted by atomic mass is 19.1. The zero-order valence-electron chi connectivity index (χ0n) is 12.0. The standard InChI is InChI=1S/C14H22FNO4/c1-17-7-8-20-10-9-19-6-5-16-12-3-4-13(15)14(11-12)18-2/h3-4,11,16H,5-10H2,1-2H3. The summed E-state index contributed by atoms with van der Waals surface area (Å²) in [7, 11) is 3.07. The Hall–Kier alpha value is -1.37. The van der Waals surface area contributed by atoms with E-state index in [4.69, 9.17) is 18.9 Å². The zero-order chi connectivity index (χ0) is 14.6. The van der Waals surface area contributed by atoms with Crippen LogP contribution in [0.1, 0.15) is 0 Å². The molecule has 0 unspecified atom stereocenters. The number of ether oxygens (including phenoxy) is 4. The van der Waals surface area contributed by atoms with E-state index in [0.717, 1.165) is 5.69 Å². The summed E-state index contributed by atoms with van der Waals surface area (Å²) in [5, 5.41) is 3.13. The summed E-state index contributed by atoms with van der Waals surface area (Å²) in [6.07, 6.45) is 0. The van der Waals surface area contributed by atoms with Gasteiger partial charge in [0.05, 0.1) is 40.1 Å². The van der Waals surface area contributed by atoms with E-state index in [-0.39, 0.29) is 11.6 Å². The highest BCUT2D eigenvalue weighted by Gasteiger charge is 2.02. The van der Waals surface area contributed by atoms with Crippen LogP contribution in [0.4, 0.5) is 10.1 Å². The van der Waals surface area contributed by atoms with Gasteiger partial charge in [0, 0.05) is 25.4 Å². The van der Waals surface area contributed by atoms with Crippen LogP contribution in [0.2, 0.25) is 0 Å². The van der Waals surface area contributed by atoms with Crippen molar-refractivity contribution in [1.29, 1.82) is 0 Å². The molecule has 0 saturated heterocycles. The molecule has 0 atom stereocenters. The van der Waals surface area contributed by atoms with E-state index in [0.29, 0.717) is 39.6 Å². The molecule has 0 fully saturated rings. The molecule has 0 aliphatic rings. The van der Waals surface area contributed by atoms with Gasteiger partial charge in [-0.2, -0.15) is 0 Å². The maximum Gasteiger partial charge on any atom is 0.165 e. The smallest absolute Gasteiger partial charge is 0.165 e. The first-order valence-corrected chi connectivity index (χ1v) is 6.49. The highest BCUT2D eigenvalue weighted by molar-refractivity contribution is 5.48. The van der Waals surface area contributed by atoms with Gasteiger partial charge >= 0.3 is 0 Å². The van der Waals surface area contributed by atoms with Crippen LogP contribution in [0, 0.1) is 5.82 Å². The summed E-state index contributed by atoms with van der Waals surface area (Å²) in [5.74, 6) is -0.148. The van der Waals surface area contributed by atoms with Crippen LogP contribution in [-0.2, 0) is 14.2 Å². The number of nitrogens with one attached hydrogen (secondary N) is 1. The summed E-state index contributed by atoms with van der Waals surface area (Å²) in [6.45, 7) is 3.44. The molecule has 114 valence electrons. The largest absolute Gasteiger partial charge is 0.494 e. The summed E-state index contributed by atoms with van der Waals surface area (Å²) in [6, 6.07) is 4.64. The summed E-state index contributed by atoms with van der Waals surface area (Å²) >= 11 is 0. The summed E-state index contributed by atoms with van der Waals surface area (Å²) < 4.78 is 33.6. The second-order valence-corrected chi connectivity index (χ2v) is 3.99. The number of halogens is 1. The first-order chi connectivity index (χ1) is 9.77. The Morgan fingerprint density at radius 2 is 1.70 bits per heavy atom. The maximum atomic E-state index is 13.2. The Morgan fingerprint density at radius 3 is 2.40 bits per heavy atom. The fourth-order valence-electron chi connectivity index (χ4n) is 1.50. The van der Waals surface area contributed by atoms with Gasteiger partial charge < -0.3 is 24.3 Å². The van der Waals surface area contributed by atoms with E-state index >= 15 is 0 Å². The molecule has 0 radical (unpaired) electrons. The van der Waals surface area contributed by atoms with Crippen LogP contribution in [0.15, 0.2) is 18.2 Å². The van der Waals surface area contributed by atoms with E-state index in [2.05, 4.69) is 5.32 Å². The lowest BCUT2D eigenvalue weighted by molar-refractivity contribution is 0.0272. The lowest BCUT2D eigenvalue weighted by Crippen LogP contribution is -2.13. The fraction of sp³-hybridized carbons (Fsp3) is 0.571. The maximum absolute atomic E-state index is 13.2. The molecule has 0 aliphatic heterocycles. The molecule has 0 aromatic heterocycles. The monoisotopic (exact) mass is 287 g/mol. The number of anilines is 1. The molecule has 0 saturated carbocycles. The first-order valence-electron chi connectivity index (χ1n) is 6.49. The lowest BCUT2D eigenvalue weighted by Gasteiger charge is -2.09. The van der Waals surface area contributed by atoms with E-state index in [1.807, 2.05) is 0 Å². The number of methoxy groups -OCH3 is 2. The lowest BCUT2D eigenvalue weighted by atomic mass is 10.3. The van der Waals surface area contributed by atoms with Crippen molar-refractivity contribution in [2.45, 2.75) is 0 Å². The van der Waals surface area contributed by atoms with Gasteiger partial charge in [0.15, 0.2) is 11.6 Å². The molecule has 1 aromatic rings. The van der Waals surface area contributed by atoms with Crippen molar-refractivity contribution in [2.75, 3.05) is 59.1 Å². The van der Waals surface area contributed by atoms with Crippen molar-refractivity contribution in [1.82, 2.24) is 0 Å². The number of rotatable bonds is 11. The van der Waals surface area contributed by atoms with Crippen molar-refractivity contribution in [3.05, 3.63) is 24.0 Å². The molecule has 0 aliphatic carbocycles. The third-order valence-electron chi connectivity index (χ3n) is 2.53. The van der Waals surface area contributed by atoms with E-state index in [9.17, 15) is 4.39 Å². The van der Waals surface area contributed by atoms with E-state index < -0.39 is 0 Å². The molecule has 0 spiro atoms. The highest BCUT2D eigenvalue weighted by Crippen LogP contribution is 2.21. The SMILES string of the molecule is COCCOCCOCCNc1ccc(F)c(OC)c1. The first kappa shape index (κ1) is 16.7. The van der Waals surface area contributed by atoms with Crippen LogP contribution in [0.25, 0.3) is 0 Å². The average molecular weight is 287 g/mol. The Kier molecular flexibility index (Phi) is 8.69. The van der Waals surface area contributed by atoms with E-state index in [1.165, 1.54) is 13.2 Å². The molecule has 0 heterocycles. The number of hydrogen-bond acceptors (Lipinski definition) is 5. The molecular weight excluding hydrogens is 265 g/mol. The molecular formula is C14H22FNO4. The third-order valence-corrected chi connectivity index (χ3v) is 2.53. The Bertz CT molecular complexity index is 376. The number of hydrogen-bond donors (Lipinski definition) is 1. The average Bonchev–Trinajstić information content (AvgIpc) is 2.47. The molecule has 0 amide bonds. The van der Waals surface area contributed by atoms with Crippen molar-refractivity contribution in [3.63, 3.8) is 0 Å². The Morgan fingerprint density at radius 1 is 1.00 bits per heavy atom. The van der Waals surface area contributed by atoms with Crippen LogP contribution in [0.3, 0.4) is 0 Å². The molecule has 1 rings (SSSR count). The predicted octanol–water partition coefficient (Wildman–Crippen LogP) is 1.93. The van der Waals surface area contributed by atoms with Gasteiger partial charge in [-0.1, -0.05) is 0 Å². The van der Waals surface area contributed by atoms with Crippen molar-refractivity contribution < 1.29 is 23.3 Å². The predicted molar refractivity (Wildman–Crippen MR) is 75.0 cm³/mol. The molecule has 1 aromatic carbocycles. The quantitative estimate of drug-likeness (QED) is 0.630. The Labute approximate surface area is 119 Å². The second kappa shape index (κ2) is 10.4. The molecule has 5 nitrogen and oxygen atoms in total. The van der Waals surface area contributed by atoms with Crippen LogP contribution in [0.5, 0.6) is 5.75 Å². The summed E-state index contributed by atoms with van der Waals surface area (Å²) in [4.78, 5) is 0. The van der Waals surface area contributed by atoms with Gasteiger partial charge in [0.2, 0.25) is 0 Å². The van der Waals surface area contributed by atoms with E-state index in [1.54, 1.807) is 19.2 Å². The fourth-order valence-corrected chi connectivity index (χ4v) is 1.50. The second-order valence-electron chi connectivity index (χ2n) is 3.99. The summed E-state index contributed by atoms with van der Waals surface area (Å²) in [5.41, 5.74) is 0.795. The molecule has 20 heavy (non-hydrogen) atoms. The van der Waals surface area contributed by atoms with Crippen LogP contribution < -0.4 is 10.1 Å². The minimum absolute atomic E-state index is 0.225. The van der Waals surface area contributed by atoms with Crippen molar-refractivity contribution >= 4 is 5.69 Å². The Balaban J connectivity index is 2.06.